The first-order valence-corrected chi connectivity index (χ1v) is 7.30. The monoisotopic (exact) mass is 337 g/mol. The van der Waals surface area contributed by atoms with Crippen LogP contribution >= 0.6 is 24.8 Å². The highest BCUT2D eigenvalue weighted by molar-refractivity contribution is 7.65. The van der Waals surface area contributed by atoms with Crippen molar-refractivity contribution in [3.05, 3.63) is 29.1 Å². The molecule has 1 aliphatic heterocycles. The summed E-state index contributed by atoms with van der Waals surface area (Å²) in [6.45, 7) is 0. The van der Waals surface area contributed by atoms with E-state index in [9.17, 15) is 26.1 Å². The van der Waals surface area contributed by atoms with E-state index in [0.717, 1.165) is 0 Å². The van der Waals surface area contributed by atoms with Crippen LogP contribution < -0.4 is 4.52 Å². The summed E-state index contributed by atoms with van der Waals surface area (Å²) in [6.07, 6.45) is 0. The SMILES string of the molecule is Fc1c(F)c(F)c(OP2(F)=NP=NP=N2)c(F)c1F. The molecule has 0 amide bonds. The Morgan fingerprint density at radius 1 is 0.842 bits per heavy atom. The van der Waals surface area contributed by atoms with Crippen LogP contribution in [-0.4, -0.2) is 0 Å². The van der Waals surface area contributed by atoms with Crippen molar-refractivity contribution in [1.29, 1.82) is 0 Å². The molecular formula is C6F6N3OP3. The van der Waals surface area contributed by atoms with Crippen molar-refractivity contribution in [2.45, 2.75) is 0 Å². The van der Waals surface area contributed by atoms with Gasteiger partial charge in [-0.3, -0.25) is 0 Å². The predicted octanol–water partition coefficient (Wildman–Crippen LogP) is 5.78. The van der Waals surface area contributed by atoms with Crippen LogP contribution in [0.25, 0.3) is 0 Å². The molecule has 0 radical (unpaired) electrons. The molecule has 0 bridgehead atoms. The van der Waals surface area contributed by atoms with Crippen LogP contribution in [0.4, 0.5) is 26.1 Å². The topological polar surface area (TPSA) is 46.3 Å². The lowest BCUT2D eigenvalue weighted by Gasteiger charge is -2.13. The molecule has 2 rings (SSSR count). The fourth-order valence-corrected chi connectivity index (χ4v) is 4.00. The molecule has 0 saturated heterocycles. The highest BCUT2D eigenvalue weighted by atomic mass is 31.2. The second-order valence-electron chi connectivity index (χ2n) is 2.91. The minimum absolute atomic E-state index is 0.146. The second kappa shape index (κ2) is 5.19. The maximum absolute atomic E-state index is 13.8. The van der Waals surface area contributed by atoms with Gasteiger partial charge in [0.25, 0.3) is 0 Å². The minimum atomic E-state index is -4.50. The van der Waals surface area contributed by atoms with Crippen molar-refractivity contribution >= 4 is 24.8 Å². The number of halogens is 6. The molecular weight excluding hydrogens is 337 g/mol. The van der Waals surface area contributed by atoms with E-state index in [1.165, 1.54) is 0 Å². The van der Waals surface area contributed by atoms with Crippen molar-refractivity contribution in [2.75, 3.05) is 0 Å². The molecule has 13 heteroatoms. The summed E-state index contributed by atoms with van der Waals surface area (Å²) < 4.78 is 92.5. The molecule has 1 aliphatic rings. The Hall–Kier alpha value is -0.970. The molecule has 0 spiro atoms. The number of nitrogens with zero attached hydrogens (tertiary/aromatic N) is 3. The van der Waals surface area contributed by atoms with Gasteiger partial charge in [0.2, 0.25) is 34.8 Å². The van der Waals surface area contributed by atoms with Crippen LogP contribution in [0.1, 0.15) is 0 Å². The Morgan fingerprint density at radius 3 is 1.84 bits per heavy atom. The third-order valence-electron chi connectivity index (χ3n) is 1.76. The highest BCUT2D eigenvalue weighted by Gasteiger charge is 2.32. The molecule has 0 saturated carbocycles. The summed E-state index contributed by atoms with van der Waals surface area (Å²) in [6, 6.07) is 0. The van der Waals surface area contributed by atoms with Gasteiger partial charge in [0, 0.05) is 0 Å². The Kier molecular flexibility index (Phi) is 3.95. The largest absolute Gasteiger partial charge is 0.443 e. The second-order valence-corrected chi connectivity index (χ2v) is 6.54. The zero-order valence-electron chi connectivity index (χ0n) is 8.36. The van der Waals surface area contributed by atoms with E-state index in [1.807, 2.05) is 0 Å². The van der Waals surface area contributed by atoms with Crippen LogP contribution in [0.3, 0.4) is 0 Å². The van der Waals surface area contributed by atoms with Gasteiger partial charge in [0.1, 0.15) is 0 Å². The molecule has 1 heterocycles. The van der Waals surface area contributed by atoms with Gasteiger partial charge in [0.05, 0.1) is 0 Å². The van der Waals surface area contributed by atoms with Gasteiger partial charge in [-0.15, -0.1) is 13.2 Å². The van der Waals surface area contributed by atoms with Crippen molar-refractivity contribution < 1.29 is 30.7 Å². The minimum Gasteiger partial charge on any atom is -0.412 e. The first-order chi connectivity index (χ1) is 8.86. The molecule has 1 unspecified atom stereocenters. The number of hydrogen-bond acceptors (Lipinski definition) is 4. The normalized spacial score (nSPS) is 23.1. The first kappa shape index (κ1) is 14.4. The molecule has 4 nitrogen and oxygen atoms in total. The lowest BCUT2D eigenvalue weighted by molar-refractivity contribution is 0.349. The summed E-state index contributed by atoms with van der Waals surface area (Å²) in [4.78, 5) is 0. The molecule has 1 atom stereocenters. The molecule has 0 N–H and O–H groups in total. The van der Waals surface area contributed by atoms with Crippen LogP contribution in [0.2, 0.25) is 0 Å². The molecule has 0 aliphatic carbocycles. The van der Waals surface area contributed by atoms with Crippen molar-refractivity contribution in [2.24, 2.45) is 13.5 Å². The summed E-state index contributed by atoms with van der Waals surface area (Å²) in [5.74, 6) is -13.1. The zero-order valence-corrected chi connectivity index (χ0v) is 11.0. The molecule has 0 aromatic heterocycles. The Balaban J connectivity index is 2.56. The number of hydrogen-bond donors (Lipinski definition) is 0. The summed E-state index contributed by atoms with van der Waals surface area (Å²) >= 11 is 0. The third-order valence-corrected chi connectivity index (χ3v) is 5.22. The fourth-order valence-electron chi connectivity index (χ4n) is 0.988. The maximum Gasteiger partial charge on any atom is 0.443 e. The van der Waals surface area contributed by atoms with Crippen LogP contribution in [-0.2, 0) is 0 Å². The Bertz CT molecular complexity index is 633. The van der Waals surface area contributed by atoms with E-state index in [-0.39, 0.29) is 17.0 Å². The van der Waals surface area contributed by atoms with E-state index in [2.05, 4.69) is 18.1 Å². The van der Waals surface area contributed by atoms with Crippen molar-refractivity contribution in [3.8, 4) is 5.75 Å². The predicted molar refractivity (Wildman–Crippen MR) is 56.0 cm³/mol. The van der Waals surface area contributed by atoms with Crippen molar-refractivity contribution in [1.82, 2.24) is 0 Å². The van der Waals surface area contributed by atoms with Crippen LogP contribution in [0.5, 0.6) is 5.75 Å². The number of rotatable bonds is 2. The summed E-state index contributed by atoms with van der Waals surface area (Å²) in [5, 5.41) is 0. The average molecular weight is 337 g/mol. The molecule has 1 aromatic carbocycles. The third kappa shape index (κ3) is 2.66. The van der Waals surface area contributed by atoms with E-state index >= 15 is 0 Å². The molecule has 19 heavy (non-hydrogen) atoms. The van der Waals surface area contributed by atoms with E-state index in [4.69, 9.17) is 0 Å². The smallest absolute Gasteiger partial charge is 0.412 e. The number of benzene rings is 1. The first-order valence-electron chi connectivity index (χ1n) is 4.20. The van der Waals surface area contributed by atoms with Gasteiger partial charge in [-0.25, -0.2) is 13.2 Å². The zero-order chi connectivity index (χ0) is 14.2. The van der Waals surface area contributed by atoms with E-state index in [1.54, 1.807) is 0 Å². The molecule has 102 valence electrons. The maximum atomic E-state index is 13.8. The van der Waals surface area contributed by atoms with Gasteiger partial charge < -0.3 is 4.52 Å². The molecule has 1 aromatic rings. The Morgan fingerprint density at radius 2 is 1.37 bits per heavy atom. The lowest BCUT2D eigenvalue weighted by atomic mass is 10.3. The van der Waals surface area contributed by atoms with Crippen LogP contribution in [0, 0.1) is 29.1 Å². The quantitative estimate of drug-likeness (QED) is 0.292. The lowest BCUT2D eigenvalue weighted by Crippen LogP contribution is -2.04. The standard InChI is InChI=1S/C6F6N3OP3/c7-1-2(8)4(10)6(5(11)3(1)9)16-19(12)14-17-13-18-15-19. The van der Waals surface area contributed by atoms with Gasteiger partial charge in [-0.2, -0.15) is 13.3 Å². The summed E-state index contributed by atoms with van der Waals surface area (Å²) in [7, 11) is -4.79. The van der Waals surface area contributed by atoms with Gasteiger partial charge in [-0.05, 0) is 0 Å². The fraction of sp³-hybridized carbons (Fsp3) is 0. The van der Waals surface area contributed by atoms with Gasteiger partial charge >= 0.3 is 7.74 Å². The van der Waals surface area contributed by atoms with Crippen LogP contribution in [0.15, 0.2) is 13.5 Å². The highest BCUT2D eigenvalue weighted by Crippen LogP contribution is 2.61. The van der Waals surface area contributed by atoms with Gasteiger partial charge in [0.15, 0.2) is 17.0 Å². The molecule has 0 fully saturated rings. The van der Waals surface area contributed by atoms with Crippen molar-refractivity contribution in [3.63, 3.8) is 0 Å². The summed E-state index contributed by atoms with van der Waals surface area (Å²) in [5.41, 5.74) is 0. The van der Waals surface area contributed by atoms with Gasteiger partial charge in [-0.1, -0.05) is 0 Å². The Labute approximate surface area is 105 Å². The van der Waals surface area contributed by atoms with E-state index < -0.39 is 42.6 Å². The van der Waals surface area contributed by atoms with E-state index in [0.29, 0.717) is 0 Å². The average Bonchev–Trinajstić information content (AvgIpc) is 2.40.